The number of benzene rings is 1. The van der Waals surface area contributed by atoms with Gasteiger partial charge in [0.2, 0.25) is 0 Å². The van der Waals surface area contributed by atoms with Crippen molar-refractivity contribution in [1.29, 1.82) is 0 Å². The summed E-state index contributed by atoms with van der Waals surface area (Å²) < 4.78 is 5.32. The van der Waals surface area contributed by atoms with Crippen LogP contribution < -0.4 is 5.32 Å². The van der Waals surface area contributed by atoms with Crippen LogP contribution in [0.1, 0.15) is 29.9 Å². The summed E-state index contributed by atoms with van der Waals surface area (Å²) in [5.74, 6) is 1.48. The van der Waals surface area contributed by atoms with Crippen LogP contribution in [0.5, 0.6) is 0 Å². The van der Waals surface area contributed by atoms with Crippen LogP contribution in [0, 0.1) is 5.92 Å². The molecule has 0 radical (unpaired) electrons. The van der Waals surface area contributed by atoms with Gasteiger partial charge in [0.05, 0.1) is 13.2 Å². The predicted octanol–water partition coefficient (Wildman–Crippen LogP) is 2.34. The second-order valence-electron chi connectivity index (χ2n) is 5.35. The molecule has 2 nitrogen and oxygen atoms in total. The molecule has 2 fully saturated rings. The highest BCUT2D eigenvalue weighted by molar-refractivity contribution is 5.32. The maximum Gasteiger partial charge on any atom is 0.0557 e. The number of ether oxygens (including phenoxy) is 1. The number of piperidine rings is 1. The summed E-state index contributed by atoms with van der Waals surface area (Å²) in [6, 6.07) is 8.94. The van der Waals surface area contributed by atoms with Crippen LogP contribution in [-0.4, -0.2) is 26.3 Å². The Morgan fingerprint density at radius 3 is 2.82 bits per heavy atom. The summed E-state index contributed by atoms with van der Waals surface area (Å²) in [6.45, 7) is 4.23. The Kier molecular flexibility index (Phi) is 3.44. The average molecular weight is 231 g/mol. The lowest BCUT2D eigenvalue weighted by Gasteiger charge is -2.30. The van der Waals surface area contributed by atoms with Crippen molar-refractivity contribution in [3.63, 3.8) is 0 Å². The molecule has 0 aliphatic carbocycles. The van der Waals surface area contributed by atoms with Crippen molar-refractivity contribution in [1.82, 2.24) is 5.32 Å². The molecular weight excluding hydrogens is 210 g/mol. The second kappa shape index (κ2) is 5.19. The van der Waals surface area contributed by atoms with E-state index in [1.807, 2.05) is 0 Å². The molecule has 2 aliphatic rings. The minimum absolute atomic E-state index is 0.655. The minimum Gasteiger partial charge on any atom is -0.380 e. The molecule has 1 aromatic carbocycles. The third-order valence-electron chi connectivity index (χ3n) is 4.04. The highest BCUT2D eigenvalue weighted by atomic mass is 16.5. The number of hydrogen-bond acceptors (Lipinski definition) is 2. The van der Waals surface area contributed by atoms with E-state index < -0.39 is 0 Å². The Morgan fingerprint density at radius 1 is 1.24 bits per heavy atom. The fourth-order valence-corrected chi connectivity index (χ4v) is 2.94. The van der Waals surface area contributed by atoms with Crippen LogP contribution in [0.2, 0.25) is 0 Å². The van der Waals surface area contributed by atoms with Gasteiger partial charge in [-0.1, -0.05) is 24.3 Å². The van der Waals surface area contributed by atoms with Crippen molar-refractivity contribution < 1.29 is 4.74 Å². The molecule has 2 saturated heterocycles. The summed E-state index contributed by atoms with van der Waals surface area (Å²) in [5, 5.41) is 3.51. The van der Waals surface area contributed by atoms with Crippen LogP contribution in [0.3, 0.4) is 0 Å². The van der Waals surface area contributed by atoms with Crippen molar-refractivity contribution in [3.05, 3.63) is 35.4 Å². The van der Waals surface area contributed by atoms with Crippen molar-refractivity contribution >= 4 is 0 Å². The van der Waals surface area contributed by atoms with Crippen LogP contribution in [0.15, 0.2) is 24.3 Å². The predicted molar refractivity (Wildman–Crippen MR) is 69.3 cm³/mol. The molecule has 0 amide bonds. The number of nitrogens with one attached hydrogen (secondary N) is 1. The van der Waals surface area contributed by atoms with Gasteiger partial charge in [-0.3, -0.25) is 0 Å². The Hall–Kier alpha value is -0.860. The van der Waals surface area contributed by atoms with Crippen molar-refractivity contribution in [3.8, 4) is 0 Å². The normalized spacial score (nSPS) is 25.5. The first-order valence-corrected chi connectivity index (χ1v) is 6.80. The highest BCUT2D eigenvalue weighted by Crippen LogP contribution is 2.29. The zero-order valence-corrected chi connectivity index (χ0v) is 10.3. The monoisotopic (exact) mass is 231 g/mol. The summed E-state index contributed by atoms with van der Waals surface area (Å²) in [4.78, 5) is 0. The lowest BCUT2D eigenvalue weighted by Crippen LogP contribution is -2.32. The minimum atomic E-state index is 0.655. The zero-order chi connectivity index (χ0) is 11.5. The fraction of sp³-hybridized carbons (Fsp3) is 0.600. The van der Waals surface area contributed by atoms with Crippen LogP contribution >= 0.6 is 0 Å². The van der Waals surface area contributed by atoms with E-state index >= 15 is 0 Å². The van der Waals surface area contributed by atoms with Gasteiger partial charge in [-0.2, -0.15) is 0 Å². The molecule has 17 heavy (non-hydrogen) atoms. The number of hydrogen-bond donors (Lipinski definition) is 1. The summed E-state index contributed by atoms with van der Waals surface area (Å²) in [5.41, 5.74) is 3.08. The van der Waals surface area contributed by atoms with Gasteiger partial charge in [0, 0.05) is 5.92 Å². The molecular formula is C15H21NO. The van der Waals surface area contributed by atoms with Crippen molar-refractivity contribution in [2.75, 3.05) is 26.3 Å². The molecule has 0 aromatic heterocycles. The SMILES string of the molecule is c1ccc(C2COC2)c(CC2CCCNC2)c1. The van der Waals surface area contributed by atoms with Crippen LogP contribution in [0.25, 0.3) is 0 Å². The second-order valence-corrected chi connectivity index (χ2v) is 5.35. The lowest BCUT2D eigenvalue weighted by molar-refractivity contribution is 0.00799. The first kappa shape index (κ1) is 11.2. The third-order valence-corrected chi connectivity index (χ3v) is 4.04. The van der Waals surface area contributed by atoms with E-state index in [-0.39, 0.29) is 0 Å². The standard InChI is InChI=1S/C15H21NO/c1-2-6-15(14-10-17-11-14)13(5-1)8-12-4-3-7-16-9-12/h1-2,5-6,12,14,16H,3-4,7-11H2. The van der Waals surface area contributed by atoms with E-state index in [0.717, 1.165) is 19.1 Å². The maximum absolute atomic E-state index is 5.32. The Balaban J connectivity index is 1.72. The molecule has 1 N–H and O–H groups in total. The molecule has 1 unspecified atom stereocenters. The van der Waals surface area contributed by atoms with Crippen LogP contribution in [0.4, 0.5) is 0 Å². The Bertz CT molecular complexity index is 367. The van der Waals surface area contributed by atoms with Gasteiger partial charge in [-0.25, -0.2) is 0 Å². The smallest absolute Gasteiger partial charge is 0.0557 e. The van der Waals surface area contributed by atoms with E-state index in [1.165, 1.54) is 37.9 Å². The van der Waals surface area contributed by atoms with E-state index in [1.54, 1.807) is 5.56 Å². The topological polar surface area (TPSA) is 21.3 Å². The molecule has 1 aromatic rings. The zero-order valence-electron chi connectivity index (χ0n) is 10.3. The molecule has 2 heteroatoms. The van der Waals surface area contributed by atoms with Crippen molar-refractivity contribution in [2.45, 2.75) is 25.2 Å². The van der Waals surface area contributed by atoms with Gasteiger partial charge in [-0.15, -0.1) is 0 Å². The molecule has 92 valence electrons. The van der Waals surface area contributed by atoms with Gasteiger partial charge >= 0.3 is 0 Å². The lowest BCUT2D eigenvalue weighted by atomic mass is 9.86. The van der Waals surface area contributed by atoms with Crippen molar-refractivity contribution in [2.24, 2.45) is 5.92 Å². The van der Waals surface area contributed by atoms with Gasteiger partial charge in [0.1, 0.15) is 0 Å². The summed E-state index contributed by atoms with van der Waals surface area (Å²) in [7, 11) is 0. The molecule has 0 bridgehead atoms. The highest BCUT2D eigenvalue weighted by Gasteiger charge is 2.24. The molecule has 2 heterocycles. The average Bonchev–Trinajstić information content (AvgIpc) is 2.31. The first-order chi connectivity index (χ1) is 8.43. The quantitative estimate of drug-likeness (QED) is 0.862. The van der Waals surface area contributed by atoms with Crippen LogP contribution in [-0.2, 0) is 11.2 Å². The molecule has 0 saturated carbocycles. The first-order valence-electron chi connectivity index (χ1n) is 6.80. The third kappa shape index (κ3) is 2.53. The van der Waals surface area contributed by atoms with E-state index in [9.17, 15) is 0 Å². The summed E-state index contributed by atoms with van der Waals surface area (Å²) >= 11 is 0. The Labute approximate surface area is 103 Å². The van der Waals surface area contributed by atoms with E-state index in [2.05, 4.69) is 29.6 Å². The molecule has 2 aliphatic heterocycles. The molecule has 0 spiro atoms. The molecule has 3 rings (SSSR count). The molecule has 1 atom stereocenters. The van der Waals surface area contributed by atoms with E-state index in [0.29, 0.717) is 5.92 Å². The van der Waals surface area contributed by atoms with Gasteiger partial charge < -0.3 is 10.1 Å². The largest absolute Gasteiger partial charge is 0.380 e. The fourth-order valence-electron chi connectivity index (χ4n) is 2.94. The van der Waals surface area contributed by atoms with E-state index in [4.69, 9.17) is 4.74 Å². The Morgan fingerprint density at radius 2 is 2.12 bits per heavy atom. The van der Waals surface area contributed by atoms with Gasteiger partial charge in [-0.05, 0) is 49.4 Å². The summed E-state index contributed by atoms with van der Waals surface area (Å²) in [6.07, 6.45) is 3.95. The van der Waals surface area contributed by atoms with Gasteiger partial charge in [0.15, 0.2) is 0 Å². The maximum atomic E-state index is 5.32. The van der Waals surface area contributed by atoms with Gasteiger partial charge in [0.25, 0.3) is 0 Å². The number of rotatable bonds is 3.